The number of amides is 2. The molecular formula is C20H19NO4S. The number of nitrogens with one attached hydrogen (secondary N) is 1. The fraction of sp³-hybridized carbons (Fsp3) is 0.200. The molecule has 1 fully saturated rings. The maximum absolute atomic E-state index is 11.5. The number of imide groups is 1. The summed E-state index contributed by atoms with van der Waals surface area (Å²) in [7, 11) is 0. The zero-order chi connectivity index (χ0) is 18.5. The predicted molar refractivity (Wildman–Crippen MR) is 102 cm³/mol. The summed E-state index contributed by atoms with van der Waals surface area (Å²) in [6, 6.07) is 13.4. The highest BCUT2D eigenvalue weighted by Gasteiger charge is 2.24. The molecule has 2 amide bonds. The molecule has 2 aromatic rings. The van der Waals surface area contributed by atoms with Crippen molar-refractivity contribution in [2.45, 2.75) is 13.8 Å². The highest BCUT2D eigenvalue weighted by atomic mass is 32.2. The number of benzene rings is 2. The SMILES string of the molecule is Cc1cc(C)cc(OCCOc2ccc(/C=C3/SC(=O)NC3=O)cc2)c1. The van der Waals surface area contributed by atoms with E-state index in [0.717, 1.165) is 28.8 Å². The van der Waals surface area contributed by atoms with Crippen molar-refractivity contribution < 1.29 is 19.1 Å². The van der Waals surface area contributed by atoms with E-state index in [-0.39, 0.29) is 11.1 Å². The molecule has 1 saturated heterocycles. The number of hydrogen-bond acceptors (Lipinski definition) is 5. The number of ether oxygens (including phenoxy) is 2. The molecule has 6 heteroatoms. The van der Waals surface area contributed by atoms with Crippen LogP contribution in [0, 0.1) is 13.8 Å². The number of rotatable bonds is 6. The Labute approximate surface area is 156 Å². The van der Waals surface area contributed by atoms with Gasteiger partial charge in [0.25, 0.3) is 11.1 Å². The number of aryl methyl sites for hydroxylation is 2. The van der Waals surface area contributed by atoms with E-state index in [4.69, 9.17) is 9.47 Å². The molecule has 26 heavy (non-hydrogen) atoms. The number of carbonyl (C=O) groups is 2. The molecule has 5 nitrogen and oxygen atoms in total. The summed E-state index contributed by atoms with van der Waals surface area (Å²) in [5.41, 5.74) is 3.17. The van der Waals surface area contributed by atoms with Crippen molar-refractivity contribution in [3.63, 3.8) is 0 Å². The molecule has 0 unspecified atom stereocenters. The van der Waals surface area contributed by atoms with Crippen LogP contribution < -0.4 is 14.8 Å². The Morgan fingerprint density at radius 2 is 1.54 bits per heavy atom. The van der Waals surface area contributed by atoms with E-state index in [1.54, 1.807) is 6.08 Å². The fourth-order valence-corrected chi connectivity index (χ4v) is 3.25. The second-order valence-corrected chi connectivity index (χ2v) is 6.96. The second kappa shape index (κ2) is 8.10. The van der Waals surface area contributed by atoms with E-state index >= 15 is 0 Å². The van der Waals surface area contributed by atoms with Crippen LogP contribution in [0.15, 0.2) is 47.4 Å². The van der Waals surface area contributed by atoms with Gasteiger partial charge in [-0.3, -0.25) is 14.9 Å². The summed E-state index contributed by atoms with van der Waals surface area (Å²) in [5, 5.41) is 1.89. The molecule has 0 atom stereocenters. The Kier molecular flexibility index (Phi) is 5.63. The van der Waals surface area contributed by atoms with E-state index < -0.39 is 0 Å². The Balaban J connectivity index is 1.49. The first-order valence-corrected chi connectivity index (χ1v) is 9.00. The summed E-state index contributed by atoms with van der Waals surface area (Å²) in [6.07, 6.45) is 1.68. The third-order valence-electron chi connectivity index (χ3n) is 3.64. The average molecular weight is 369 g/mol. The number of carbonyl (C=O) groups excluding carboxylic acids is 2. The van der Waals surface area contributed by atoms with Gasteiger partial charge < -0.3 is 9.47 Å². The van der Waals surface area contributed by atoms with Crippen LogP contribution in [0.25, 0.3) is 6.08 Å². The van der Waals surface area contributed by atoms with E-state index in [1.807, 2.05) is 50.2 Å². The third-order valence-corrected chi connectivity index (χ3v) is 4.45. The number of thioether (sulfide) groups is 1. The van der Waals surface area contributed by atoms with Crippen LogP contribution >= 0.6 is 11.8 Å². The smallest absolute Gasteiger partial charge is 0.290 e. The van der Waals surface area contributed by atoms with Crippen LogP contribution in [0.5, 0.6) is 11.5 Å². The van der Waals surface area contributed by atoms with Crippen molar-refractivity contribution in [2.75, 3.05) is 13.2 Å². The van der Waals surface area contributed by atoms with Crippen LogP contribution in [0.2, 0.25) is 0 Å². The predicted octanol–water partition coefficient (Wildman–Crippen LogP) is 4.09. The molecule has 0 radical (unpaired) electrons. The molecule has 1 aliphatic heterocycles. The van der Waals surface area contributed by atoms with E-state index in [0.29, 0.717) is 18.1 Å². The van der Waals surface area contributed by atoms with E-state index in [9.17, 15) is 9.59 Å². The van der Waals surface area contributed by atoms with Gasteiger partial charge in [-0.1, -0.05) is 18.2 Å². The van der Waals surface area contributed by atoms with Gasteiger partial charge in [-0.2, -0.15) is 0 Å². The standard InChI is InChI=1S/C20H19NO4S/c1-13-9-14(2)11-17(10-13)25-8-7-24-16-5-3-15(4-6-16)12-18-19(22)21-20(23)26-18/h3-6,9-12H,7-8H2,1-2H3,(H,21,22,23)/b18-12+. The lowest BCUT2D eigenvalue weighted by molar-refractivity contribution is -0.115. The zero-order valence-electron chi connectivity index (χ0n) is 14.6. The highest BCUT2D eigenvalue weighted by molar-refractivity contribution is 8.18. The minimum atomic E-state index is -0.358. The van der Waals surface area contributed by atoms with Gasteiger partial charge in [-0.05, 0) is 72.6 Å². The minimum absolute atomic E-state index is 0.343. The Bertz CT molecular complexity index is 838. The zero-order valence-corrected chi connectivity index (χ0v) is 15.4. The Morgan fingerprint density at radius 1 is 0.923 bits per heavy atom. The molecule has 1 N–H and O–H groups in total. The normalized spacial score (nSPS) is 15.2. The van der Waals surface area contributed by atoms with Crippen molar-refractivity contribution in [3.8, 4) is 11.5 Å². The van der Waals surface area contributed by atoms with Crippen molar-refractivity contribution in [1.82, 2.24) is 5.32 Å². The Hall–Kier alpha value is -2.73. The largest absolute Gasteiger partial charge is 0.490 e. The Morgan fingerprint density at radius 3 is 2.12 bits per heavy atom. The number of hydrogen-bond donors (Lipinski definition) is 1. The van der Waals surface area contributed by atoms with Crippen molar-refractivity contribution in [2.24, 2.45) is 0 Å². The van der Waals surface area contributed by atoms with Gasteiger partial charge in [0, 0.05) is 0 Å². The molecule has 0 spiro atoms. The third kappa shape index (κ3) is 4.89. The summed E-state index contributed by atoms with van der Waals surface area (Å²) in [4.78, 5) is 23.1. The van der Waals surface area contributed by atoms with Crippen LogP contribution in [-0.2, 0) is 4.79 Å². The van der Waals surface area contributed by atoms with Crippen molar-refractivity contribution in [3.05, 3.63) is 64.1 Å². The van der Waals surface area contributed by atoms with E-state index in [2.05, 4.69) is 11.4 Å². The summed E-state index contributed by atoms with van der Waals surface area (Å²) in [5.74, 6) is 1.20. The molecule has 134 valence electrons. The van der Waals surface area contributed by atoms with Gasteiger partial charge in [-0.25, -0.2) is 0 Å². The van der Waals surface area contributed by atoms with E-state index in [1.165, 1.54) is 11.1 Å². The van der Waals surface area contributed by atoms with Crippen molar-refractivity contribution in [1.29, 1.82) is 0 Å². The molecule has 0 aromatic heterocycles. The van der Waals surface area contributed by atoms with Gasteiger partial charge in [0.05, 0.1) is 4.91 Å². The first-order chi connectivity index (χ1) is 12.5. The summed E-state index contributed by atoms with van der Waals surface area (Å²) in [6.45, 7) is 4.96. The van der Waals surface area contributed by atoms with Crippen LogP contribution in [0.3, 0.4) is 0 Å². The monoisotopic (exact) mass is 369 g/mol. The molecule has 3 rings (SSSR count). The quantitative estimate of drug-likeness (QED) is 0.614. The van der Waals surface area contributed by atoms with Crippen LogP contribution in [0.4, 0.5) is 4.79 Å². The molecule has 0 aliphatic carbocycles. The topological polar surface area (TPSA) is 64.6 Å². The fourth-order valence-electron chi connectivity index (χ4n) is 2.57. The second-order valence-electron chi connectivity index (χ2n) is 5.94. The van der Waals surface area contributed by atoms with Gasteiger partial charge in [0.2, 0.25) is 0 Å². The van der Waals surface area contributed by atoms with Gasteiger partial charge >= 0.3 is 0 Å². The first kappa shape index (κ1) is 18.1. The molecule has 1 heterocycles. The molecule has 0 bridgehead atoms. The van der Waals surface area contributed by atoms with Gasteiger partial charge in [0.15, 0.2) is 0 Å². The van der Waals surface area contributed by atoms with Gasteiger partial charge in [-0.15, -0.1) is 0 Å². The van der Waals surface area contributed by atoms with Crippen molar-refractivity contribution >= 4 is 29.0 Å². The lowest BCUT2D eigenvalue weighted by Crippen LogP contribution is -2.17. The first-order valence-electron chi connectivity index (χ1n) is 8.18. The van der Waals surface area contributed by atoms with Crippen LogP contribution in [0.1, 0.15) is 16.7 Å². The minimum Gasteiger partial charge on any atom is -0.490 e. The molecule has 2 aromatic carbocycles. The lowest BCUT2D eigenvalue weighted by Gasteiger charge is -2.10. The maximum Gasteiger partial charge on any atom is 0.290 e. The average Bonchev–Trinajstić information content (AvgIpc) is 2.89. The maximum atomic E-state index is 11.5. The molecule has 0 saturated carbocycles. The highest BCUT2D eigenvalue weighted by Crippen LogP contribution is 2.26. The molecule has 1 aliphatic rings. The van der Waals surface area contributed by atoms with Crippen LogP contribution in [-0.4, -0.2) is 24.4 Å². The summed E-state index contributed by atoms with van der Waals surface area (Å²) < 4.78 is 11.4. The van der Waals surface area contributed by atoms with Gasteiger partial charge in [0.1, 0.15) is 24.7 Å². The lowest BCUT2D eigenvalue weighted by atomic mass is 10.1. The summed E-state index contributed by atoms with van der Waals surface area (Å²) >= 11 is 0.903. The molecular weight excluding hydrogens is 350 g/mol.